The molecule has 0 atom stereocenters. The van der Waals surface area contributed by atoms with Crippen LogP contribution in [0.3, 0.4) is 0 Å². The summed E-state index contributed by atoms with van der Waals surface area (Å²) >= 11 is 1.47. The van der Waals surface area contributed by atoms with Crippen LogP contribution in [0, 0.1) is 0 Å². The van der Waals surface area contributed by atoms with Crippen molar-refractivity contribution in [1.29, 1.82) is 0 Å². The lowest BCUT2D eigenvalue weighted by molar-refractivity contribution is 0.101. The highest BCUT2D eigenvalue weighted by Gasteiger charge is 2.17. The molecule has 136 valence electrons. The highest BCUT2D eigenvalue weighted by Crippen LogP contribution is 2.28. The van der Waals surface area contributed by atoms with Crippen LogP contribution in [0.1, 0.15) is 16.2 Å². The molecule has 0 bridgehead atoms. The first-order chi connectivity index (χ1) is 13.1. The summed E-state index contributed by atoms with van der Waals surface area (Å²) in [4.78, 5) is 28.6. The first-order valence-electron chi connectivity index (χ1n) is 8.18. The lowest BCUT2D eigenvalue weighted by Crippen LogP contribution is -2.14. The molecule has 4 aromatic heterocycles. The molecule has 0 unspecified atom stereocenters. The van der Waals surface area contributed by atoms with Crippen LogP contribution >= 0.6 is 11.3 Å². The maximum atomic E-state index is 12.6. The third-order valence-corrected chi connectivity index (χ3v) is 4.52. The SMILES string of the molecule is CN(C)Cc1cc(C(=O)Nc2nc(-c3ccccn3)nc3sccc23)no1. The number of thiophene rings is 1. The number of pyridine rings is 1. The van der Waals surface area contributed by atoms with Crippen LogP contribution in [-0.2, 0) is 6.54 Å². The number of fused-ring (bicyclic) bond motifs is 1. The summed E-state index contributed by atoms with van der Waals surface area (Å²) in [5.74, 6) is 1.10. The minimum atomic E-state index is -0.387. The lowest BCUT2D eigenvalue weighted by Gasteiger charge is -2.06. The zero-order valence-electron chi connectivity index (χ0n) is 14.7. The van der Waals surface area contributed by atoms with Crippen molar-refractivity contribution in [1.82, 2.24) is 25.0 Å². The van der Waals surface area contributed by atoms with E-state index in [0.29, 0.717) is 29.6 Å². The zero-order valence-corrected chi connectivity index (χ0v) is 15.5. The van der Waals surface area contributed by atoms with Crippen LogP contribution in [0.15, 0.2) is 46.4 Å². The summed E-state index contributed by atoms with van der Waals surface area (Å²) in [5, 5.41) is 9.34. The molecule has 0 spiro atoms. The molecule has 4 heterocycles. The van der Waals surface area contributed by atoms with Crippen molar-refractivity contribution < 1.29 is 9.32 Å². The molecule has 0 aromatic carbocycles. The van der Waals surface area contributed by atoms with Crippen LogP contribution in [0.4, 0.5) is 5.82 Å². The van der Waals surface area contributed by atoms with Gasteiger partial charge in [0.2, 0.25) is 0 Å². The smallest absolute Gasteiger partial charge is 0.279 e. The number of nitrogens with one attached hydrogen (secondary N) is 1. The molecule has 4 aromatic rings. The molecule has 0 saturated heterocycles. The Hall–Kier alpha value is -3.17. The third kappa shape index (κ3) is 3.69. The summed E-state index contributed by atoms with van der Waals surface area (Å²) in [6.45, 7) is 0.562. The highest BCUT2D eigenvalue weighted by molar-refractivity contribution is 7.16. The normalized spacial score (nSPS) is 11.2. The second kappa shape index (κ2) is 7.22. The van der Waals surface area contributed by atoms with Crippen LogP contribution in [0.5, 0.6) is 0 Å². The predicted octanol–water partition coefficient (Wildman–Crippen LogP) is 3.06. The molecule has 4 rings (SSSR count). The number of amides is 1. The molecule has 8 nitrogen and oxygen atoms in total. The Morgan fingerprint density at radius 1 is 1.26 bits per heavy atom. The Morgan fingerprint density at radius 3 is 2.93 bits per heavy atom. The molecular weight excluding hydrogens is 364 g/mol. The van der Waals surface area contributed by atoms with Crippen molar-refractivity contribution in [2.45, 2.75) is 6.54 Å². The van der Waals surface area contributed by atoms with E-state index < -0.39 is 0 Å². The van der Waals surface area contributed by atoms with E-state index in [2.05, 4.69) is 25.4 Å². The number of hydrogen-bond acceptors (Lipinski definition) is 8. The topological polar surface area (TPSA) is 97.0 Å². The van der Waals surface area contributed by atoms with Crippen LogP contribution < -0.4 is 5.32 Å². The maximum Gasteiger partial charge on any atom is 0.279 e. The Kier molecular flexibility index (Phi) is 4.61. The Labute approximate surface area is 158 Å². The van der Waals surface area contributed by atoms with Crippen molar-refractivity contribution in [3.8, 4) is 11.5 Å². The van der Waals surface area contributed by atoms with Crippen molar-refractivity contribution in [3.05, 3.63) is 53.4 Å². The van der Waals surface area contributed by atoms with Gasteiger partial charge in [-0.15, -0.1) is 11.3 Å². The molecule has 9 heteroatoms. The minimum Gasteiger partial charge on any atom is -0.359 e. The second-order valence-corrected chi connectivity index (χ2v) is 7.02. The number of hydrogen-bond donors (Lipinski definition) is 1. The van der Waals surface area contributed by atoms with E-state index in [-0.39, 0.29) is 11.6 Å². The van der Waals surface area contributed by atoms with Crippen LogP contribution in [0.2, 0.25) is 0 Å². The van der Waals surface area contributed by atoms with Gasteiger partial charge in [0, 0.05) is 12.3 Å². The second-order valence-electron chi connectivity index (χ2n) is 6.12. The summed E-state index contributed by atoms with van der Waals surface area (Å²) in [7, 11) is 3.82. The maximum absolute atomic E-state index is 12.6. The molecule has 0 saturated carbocycles. The molecule has 1 amide bonds. The van der Waals surface area contributed by atoms with Gasteiger partial charge in [-0.3, -0.25) is 9.78 Å². The minimum absolute atomic E-state index is 0.202. The van der Waals surface area contributed by atoms with Crippen LogP contribution in [0.25, 0.3) is 21.7 Å². The lowest BCUT2D eigenvalue weighted by atomic mass is 10.3. The van der Waals surface area contributed by atoms with Crippen molar-refractivity contribution in [2.24, 2.45) is 0 Å². The zero-order chi connectivity index (χ0) is 18.8. The van der Waals surface area contributed by atoms with Gasteiger partial charge < -0.3 is 14.7 Å². The van der Waals surface area contributed by atoms with E-state index in [1.165, 1.54) is 11.3 Å². The molecule has 0 aliphatic carbocycles. The fourth-order valence-corrected chi connectivity index (χ4v) is 3.30. The number of aromatic nitrogens is 4. The standard InChI is InChI=1S/C18H16N6O2S/c1-24(2)10-11-9-14(23-26-11)17(25)21-15-12-6-8-27-18(12)22-16(20-15)13-5-3-4-7-19-13/h3-9H,10H2,1-2H3,(H,20,21,22,25). The average Bonchev–Trinajstić information content (AvgIpc) is 3.31. The highest BCUT2D eigenvalue weighted by atomic mass is 32.1. The molecule has 1 N–H and O–H groups in total. The summed E-state index contributed by atoms with van der Waals surface area (Å²) < 4.78 is 5.21. The van der Waals surface area contributed by atoms with E-state index in [9.17, 15) is 4.79 Å². The Morgan fingerprint density at radius 2 is 2.15 bits per heavy atom. The summed E-state index contributed by atoms with van der Waals surface area (Å²) in [5.41, 5.74) is 0.839. The first kappa shape index (κ1) is 17.3. The number of nitrogens with zero attached hydrogens (tertiary/aromatic N) is 5. The average molecular weight is 380 g/mol. The van der Waals surface area contributed by atoms with Gasteiger partial charge in [-0.2, -0.15) is 0 Å². The summed E-state index contributed by atoms with van der Waals surface area (Å²) in [6, 6.07) is 9.01. The van der Waals surface area contributed by atoms with Gasteiger partial charge in [0.05, 0.1) is 11.9 Å². The number of carbonyl (C=O) groups excluding carboxylic acids is 1. The van der Waals surface area contributed by atoms with Crippen molar-refractivity contribution >= 4 is 33.3 Å². The fraction of sp³-hybridized carbons (Fsp3) is 0.167. The van der Waals surface area contributed by atoms with E-state index >= 15 is 0 Å². The molecule has 0 radical (unpaired) electrons. The monoisotopic (exact) mass is 380 g/mol. The van der Waals surface area contributed by atoms with E-state index in [0.717, 1.165) is 10.2 Å². The summed E-state index contributed by atoms with van der Waals surface area (Å²) in [6.07, 6.45) is 1.68. The fourth-order valence-electron chi connectivity index (χ4n) is 2.54. The van der Waals surface area contributed by atoms with E-state index in [4.69, 9.17) is 4.52 Å². The van der Waals surface area contributed by atoms with Crippen LogP contribution in [-0.4, -0.2) is 45.0 Å². The van der Waals surface area contributed by atoms with Gasteiger partial charge in [0.15, 0.2) is 17.3 Å². The number of carbonyl (C=O) groups is 1. The Balaban J connectivity index is 1.66. The molecule has 0 aliphatic heterocycles. The largest absolute Gasteiger partial charge is 0.359 e. The quantitative estimate of drug-likeness (QED) is 0.568. The third-order valence-electron chi connectivity index (χ3n) is 3.71. The van der Waals surface area contributed by atoms with Gasteiger partial charge in [-0.05, 0) is 37.7 Å². The van der Waals surface area contributed by atoms with Gasteiger partial charge in [0.1, 0.15) is 16.3 Å². The number of rotatable bonds is 5. The molecule has 27 heavy (non-hydrogen) atoms. The molecular formula is C18H16N6O2S. The van der Waals surface area contributed by atoms with E-state index in [1.54, 1.807) is 12.3 Å². The van der Waals surface area contributed by atoms with Gasteiger partial charge in [-0.25, -0.2) is 9.97 Å². The predicted molar refractivity (Wildman–Crippen MR) is 102 cm³/mol. The van der Waals surface area contributed by atoms with Gasteiger partial charge in [0.25, 0.3) is 5.91 Å². The molecule has 0 fully saturated rings. The van der Waals surface area contributed by atoms with Crippen molar-refractivity contribution in [3.63, 3.8) is 0 Å². The van der Waals surface area contributed by atoms with Crippen molar-refractivity contribution in [2.75, 3.05) is 19.4 Å². The van der Waals surface area contributed by atoms with Gasteiger partial charge in [-0.1, -0.05) is 11.2 Å². The first-order valence-corrected chi connectivity index (χ1v) is 9.06. The van der Waals surface area contributed by atoms with Gasteiger partial charge >= 0.3 is 0 Å². The molecule has 0 aliphatic rings. The number of anilines is 1. The van der Waals surface area contributed by atoms with E-state index in [1.807, 2.05) is 48.6 Å². The Bertz CT molecular complexity index is 1090.